The summed E-state index contributed by atoms with van der Waals surface area (Å²) in [6.45, 7) is 4.85. The quantitative estimate of drug-likeness (QED) is 0.648. The van der Waals surface area contributed by atoms with Gasteiger partial charge in [0.25, 0.3) is 0 Å². The Morgan fingerprint density at radius 2 is 1.96 bits per heavy atom. The largest absolute Gasteiger partial charge is 0.462 e. The normalized spacial score (nSPS) is 10.0. The van der Waals surface area contributed by atoms with E-state index in [0.29, 0.717) is 23.8 Å². The zero-order valence-corrected chi connectivity index (χ0v) is 14.1. The first-order chi connectivity index (χ1) is 11.1. The van der Waals surface area contributed by atoms with E-state index in [1.165, 1.54) is 11.1 Å². The Balaban J connectivity index is 1.94. The van der Waals surface area contributed by atoms with Gasteiger partial charge in [0.2, 0.25) is 0 Å². The first-order valence-electron chi connectivity index (χ1n) is 7.46. The lowest BCUT2D eigenvalue weighted by Gasteiger charge is -2.12. The van der Waals surface area contributed by atoms with Gasteiger partial charge in [-0.25, -0.2) is 4.79 Å². The van der Waals surface area contributed by atoms with E-state index in [2.05, 4.69) is 29.7 Å². The number of hydrogen-bond acceptors (Lipinski definition) is 3. The van der Waals surface area contributed by atoms with Crippen molar-refractivity contribution in [2.45, 2.75) is 20.4 Å². The summed E-state index contributed by atoms with van der Waals surface area (Å²) in [5, 5.41) is 6.76. The van der Waals surface area contributed by atoms with Crippen LogP contribution < -0.4 is 10.6 Å². The van der Waals surface area contributed by atoms with Gasteiger partial charge in [0.15, 0.2) is 5.11 Å². The molecule has 0 unspecified atom stereocenters. The molecular weight excluding hydrogens is 308 g/mol. The van der Waals surface area contributed by atoms with Crippen molar-refractivity contribution in [2.24, 2.45) is 0 Å². The Labute approximate surface area is 141 Å². The highest BCUT2D eigenvalue weighted by Gasteiger charge is 2.07. The smallest absolute Gasteiger partial charge is 0.338 e. The molecule has 0 atom stereocenters. The number of anilines is 1. The highest BCUT2D eigenvalue weighted by atomic mass is 32.1. The maximum atomic E-state index is 11.7. The highest BCUT2D eigenvalue weighted by molar-refractivity contribution is 7.80. The van der Waals surface area contributed by atoms with Crippen LogP contribution in [0, 0.1) is 6.92 Å². The molecular formula is C18H20N2O2S. The fourth-order valence-corrected chi connectivity index (χ4v) is 2.29. The van der Waals surface area contributed by atoms with Crippen LogP contribution in [0.3, 0.4) is 0 Å². The Bertz CT molecular complexity index is 701. The number of hydrogen-bond donors (Lipinski definition) is 2. The summed E-state index contributed by atoms with van der Waals surface area (Å²) in [6, 6.07) is 15.2. The molecule has 0 amide bonds. The lowest BCUT2D eigenvalue weighted by atomic mass is 10.1. The zero-order valence-electron chi connectivity index (χ0n) is 13.3. The van der Waals surface area contributed by atoms with Crippen molar-refractivity contribution in [3.63, 3.8) is 0 Å². The Morgan fingerprint density at radius 1 is 1.17 bits per heavy atom. The number of esters is 1. The number of aryl methyl sites for hydroxylation is 1. The van der Waals surface area contributed by atoms with E-state index in [0.717, 1.165) is 5.69 Å². The molecule has 0 bridgehead atoms. The molecule has 0 radical (unpaired) electrons. The minimum atomic E-state index is -0.338. The van der Waals surface area contributed by atoms with Crippen LogP contribution in [0.15, 0.2) is 48.5 Å². The SMILES string of the molecule is CCOC(=O)c1cccc(NC(=S)NCc2ccccc2C)c1. The van der Waals surface area contributed by atoms with E-state index >= 15 is 0 Å². The van der Waals surface area contributed by atoms with E-state index < -0.39 is 0 Å². The molecule has 2 rings (SSSR count). The van der Waals surface area contributed by atoms with Crippen molar-refractivity contribution in [1.29, 1.82) is 0 Å². The molecule has 23 heavy (non-hydrogen) atoms. The van der Waals surface area contributed by atoms with Crippen molar-refractivity contribution in [3.8, 4) is 0 Å². The molecule has 0 aliphatic rings. The molecule has 4 nitrogen and oxygen atoms in total. The van der Waals surface area contributed by atoms with Crippen LogP contribution >= 0.6 is 12.2 Å². The van der Waals surface area contributed by atoms with Crippen molar-refractivity contribution in [2.75, 3.05) is 11.9 Å². The molecule has 2 aromatic carbocycles. The van der Waals surface area contributed by atoms with Crippen molar-refractivity contribution in [1.82, 2.24) is 5.32 Å². The number of benzene rings is 2. The van der Waals surface area contributed by atoms with Gasteiger partial charge in [-0.1, -0.05) is 30.3 Å². The molecule has 0 saturated carbocycles. The fraction of sp³-hybridized carbons (Fsp3) is 0.222. The van der Waals surface area contributed by atoms with E-state index in [1.54, 1.807) is 25.1 Å². The van der Waals surface area contributed by atoms with Gasteiger partial charge in [0.05, 0.1) is 12.2 Å². The van der Waals surface area contributed by atoms with Gasteiger partial charge in [0.1, 0.15) is 0 Å². The molecule has 0 aromatic heterocycles. The minimum Gasteiger partial charge on any atom is -0.462 e. The number of nitrogens with one attached hydrogen (secondary N) is 2. The Kier molecular flexibility index (Phi) is 6.11. The van der Waals surface area contributed by atoms with Crippen LogP contribution in [0.1, 0.15) is 28.4 Å². The molecule has 0 saturated heterocycles. The third-order valence-electron chi connectivity index (χ3n) is 3.33. The van der Waals surface area contributed by atoms with Crippen LogP contribution in [0.5, 0.6) is 0 Å². The first kappa shape index (κ1) is 17.0. The summed E-state index contributed by atoms with van der Waals surface area (Å²) in [7, 11) is 0. The lowest BCUT2D eigenvalue weighted by Crippen LogP contribution is -2.28. The topological polar surface area (TPSA) is 50.4 Å². The molecule has 0 aliphatic heterocycles. The highest BCUT2D eigenvalue weighted by Crippen LogP contribution is 2.12. The first-order valence-corrected chi connectivity index (χ1v) is 7.87. The molecule has 120 valence electrons. The predicted molar refractivity (Wildman–Crippen MR) is 96.6 cm³/mol. The summed E-state index contributed by atoms with van der Waals surface area (Å²) in [5.74, 6) is -0.338. The van der Waals surface area contributed by atoms with Crippen LogP contribution in [-0.4, -0.2) is 17.7 Å². The van der Waals surface area contributed by atoms with E-state index in [1.807, 2.05) is 18.2 Å². The zero-order chi connectivity index (χ0) is 16.7. The van der Waals surface area contributed by atoms with E-state index in [-0.39, 0.29) is 5.97 Å². The number of carbonyl (C=O) groups excluding carboxylic acids is 1. The van der Waals surface area contributed by atoms with Gasteiger partial charge in [0, 0.05) is 12.2 Å². The molecule has 2 aromatic rings. The van der Waals surface area contributed by atoms with Crippen LogP contribution in [0.4, 0.5) is 5.69 Å². The van der Waals surface area contributed by atoms with Gasteiger partial charge < -0.3 is 15.4 Å². The second-order valence-electron chi connectivity index (χ2n) is 5.04. The predicted octanol–water partition coefficient (Wildman–Crippen LogP) is 3.66. The lowest BCUT2D eigenvalue weighted by molar-refractivity contribution is 0.0526. The summed E-state index contributed by atoms with van der Waals surface area (Å²) < 4.78 is 4.99. The second kappa shape index (κ2) is 8.29. The van der Waals surface area contributed by atoms with Crippen molar-refractivity contribution >= 4 is 29.0 Å². The standard InChI is InChI=1S/C18H20N2O2S/c1-3-22-17(21)14-9-6-10-16(11-14)20-18(23)19-12-15-8-5-4-7-13(15)2/h4-11H,3,12H2,1-2H3,(H2,19,20,23). The molecule has 0 spiro atoms. The van der Waals surface area contributed by atoms with E-state index in [4.69, 9.17) is 17.0 Å². The van der Waals surface area contributed by atoms with Gasteiger partial charge in [-0.2, -0.15) is 0 Å². The summed E-state index contributed by atoms with van der Waals surface area (Å²) in [6.07, 6.45) is 0. The average molecular weight is 328 g/mol. The molecule has 0 aliphatic carbocycles. The number of carbonyl (C=O) groups is 1. The monoisotopic (exact) mass is 328 g/mol. The average Bonchev–Trinajstić information content (AvgIpc) is 2.54. The fourth-order valence-electron chi connectivity index (χ4n) is 2.10. The Hall–Kier alpha value is -2.40. The third kappa shape index (κ3) is 5.07. The number of rotatable bonds is 5. The van der Waals surface area contributed by atoms with Crippen molar-refractivity contribution in [3.05, 3.63) is 65.2 Å². The second-order valence-corrected chi connectivity index (χ2v) is 5.44. The molecule has 0 fully saturated rings. The number of thiocarbonyl (C=S) groups is 1. The maximum absolute atomic E-state index is 11.7. The van der Waals surface area contributed by atoms with Gasteiger partial charge in [-0.05, 0) is 55.4 Å². The summed E-state index contributed by atoms with van der Waals surface area (Å²) in [4.78, 5) is 11.7. The maximum Gasteiger partial charge on any atom is 0.338 e. The van der Waals surface area contributed by atoms with Gasteiger partial charge >= 0.3 is 5.97 Å². The van der Waals surface area contributed by atoms with Crippen molar-refractivity contribution < 1.29 is 9.53 Å². The van der Waals surface area contributed by atoms with Gasteiger partial charge in [-0.3, -0.25) is 0 Å². The van der Waals surface area contributed by atoms with Crippen LogP contribution in [0.2, 0.25) is 0 Å². The van der Waals surface area contributed by atoms with Gasteiger partial charge in [-0.15, -0.1) is 0 Å². The molecule has 2 N–H and O–H groups in total. The number of ether oxygens (including phenoxy) is 1. The third-order valence-corrected chi connectivity index (χ3v) is 3.58. The molecule has 0 heterocycles. The summed E-state index contributed by atoms with van der Waals surface area (Å²) in [5.41, 5.74) is 3.65. The summed E-state index contributed by atoms with van der Waals surface area (Å²) >= 11 is 5.30. The van der Waals surface area contributed by atoms with Crippen LogP contribution in [-0.2, 0) is 11.3 Å². The Morgan fingerprint density at radius 3 is 2.70 bits per heavy atom. The van der Waals surface area contributed by atoms with Crippen LogP contribution in [0.25, 0.3) is 0 Å². The minimum absolute atomic E-state index is 0.338. The van der Waals surface area contributed by atoms with E-state index in [9.17, 15) is 4.79 Å². The molecule has 5 heteroatoms.